The first kappa shape index (κ1) is 12.9. The summed E-state index contributed by atoms with van der Waals surface area (Å²) in [5.74, 6) is 0.109. The molecule has 0 aliphatic carbocycles. The molecule has 2 aliphatic heterocycles. The van der Waals surface area contributed by atoms with Gasteiger partial charge in [0.1, 0.15) is 6.10 Å². The molecule has 2 aromatic rings. The molecule has 1 saturated heterocycles. The van der Waals surface area contributed by atoms with Crippen LogP contribution in [-0.2, 0) is 22.5 Å². The van der Waals surface area contributed by atoms with Gasteiger partial charge in [-0.05, 0) is 6.07 Å². The van der Waals surface area contributed by atoms with Crippen molar-refractivity contribution in [2.75, 3.05) is 26.2 Å². The highest BCUT2D eigenvalue weighted by Crippen LogP contribution is 2.27. The summed E-state index contributed by atoms with van der Waals surface area (Å²) in [6.07, 6.45) is 0.557. The summed E-state index contributed by atoms with van der Waals surface area (Å²) in [6, 6.07) is 8.30. The Bertz CT molecular complexity index is 673. The lowest BCUT2D eigenvalue weighted by Gasteiger charge is -2.32. The van der Waals surface area contributed by atoms with Crippen molar-refractivity contribution >= 4 is 16.8 Å². The van der Waals surface area contributed by atoms with Gasteiger partial charge in [-0.25, -0.2) is 0 Å². The molecule has 1 unspecified atom stereocenters. The number of aromatic amines is 1. The first-order valence-corrected chi connectivity index (χ1v) is 7.52. The molecule has 0 saturated carbocycles. The second kappa shape index (κ2) is 5.16. The van der Waals surface area contributed by atoms with E-state index in [0.717, 1.165) is 25.0 Å². The quantitative estimate of drug-likeness (QED) is 0.823. The highest BCUT2D eigenvalue weighted by atomic mass is 16.5. The lowest BCUT2D eigenvalue weighted by molar-refractivity contribution is -0.146. The van der Waals surface area contributed by atoms with Crippen molar-refractivity contribution in [1.82, 2.24) is 15.2 Å². The molecule has 5 nitrogen and oxygen atoms in total. The fourth-order valence-electron chi connectivity index (χ4n) is 3.28. The molecular formula is C16H19N3O2. The Hall–Kier alpha value is -1.85. The average molecular weight is 285 g/mol. The number of hydrogen-bond donors (Lipinski definition) is 2. The first-order chi connectivity index (χ1) is 10.3. The highest BCUT2D eigenvalue weighted by molar-refractivity contribution is 5.87. The number of carbonyl (C=O) groups excluding carboxylic acids is 1. The number of aromatic nitrogens is 1. The molecule has 110 valence electrons. The Labute approximate surface area is 123 Å². The van der Waals surface area contributed by atoms with Gasteiger partial charge < -0.3 is 19.9 Å². The molecule has 2 aliphatic rings. The van der Waals surface area contributed by atoms with Gasteiger partial charge in [-0.1, -0.05) is 18.2 Å². The van der Waals surface area contributed by atoms with E-state index in [4.69, 9.17) is 4.74 Å². The monoisotopic (exact) mass is 285 g/mol. The lowest BCUT2D eigenvalue weighted by atomic mass is 10.0. The molecule has 4 rings (SSSR count). The van der Waals surface area contributed by atoms with Gasteiger partial charge in [0, 0.05) is 54.8 Å². The summed E-state index contributed by atoms with van der Waals surface area (Å²) in [5.41, 5.74) is 3.68. The number of ether oxygens (including phenoxy) is 1. The van der Waals surface area contributed by atoms with Crippen molar-refractivity contribution in [3.8, 4) is 0 Å². The van der Waals surface area contributed by atoms with Gasteiger partial charge in [-0.2, -0.15) is 0 Å². The maximum atomic E-state index is 12.6. The van der Waals surface area contributed by atoms with Crippen molar-refractivity contribution in [3.05, 3.63) is 35.5 Å². The normalized spacial score (nSPS) is 22.3. The molecule has 1 atom stereocenters. The first-order valence-electron chi connectivity index (χ1n) is 7.52. The fraction of sp³-hybridized carbons (Fsp3) is 0.438. The predicted molar refractivity (Wildman–Crippen MR) is 80.0 cm³/mol. The molecule has 21 heavy (non-hydrogen) atoms. The Balaban J connectivity index is 1.59. The lowest BCUT2D eigenvalue weighted by Crippen LogP contribution is -2.50. The summed E-state index contributed by atoms with van der Waals surface area (Å²) >= 11 is 0. The van der Waals surface area contributed by atoms with Crippen LogP contribution in [0.1, 0.15) is 11.3 Å². The summed E-state index contributed by atoms with van der Waals surface area (Å²) in [6.45, 7) is 3.51. The standard InChI is InChI=1S/C16H19N3O2/c20-16(15-9-17-6-8-21-15)19-7-5-14-12(10-19)11-3-1-2-4-13(11)18-14/h1-4,15,17-18H,5-10H2. The Kier molecular flexibility index (Phi) is 3.16. The van der Waals surface area contributed by atoms with Gasteiger partial charge in [-0.15, -0.1) is 0 Å². The summed E-state index contributed by atoms with van der Waals surface area (Å²) in [7, 11) is 0. The van der Waals surface area contributed by atoms with Crippen molar-refractivity contribution < 1.29 is 9.53 Å². The zero-order valence-corrected chi connectivity index (χ0v) is 11.9. The minimum absolute atomic E-state index is 0.109. The van der Waals surface area contributed by atoms with Crippen LogP contribution in [0.25, 0.3) is 10.9 Å². The molecule has 2 N–H and O–H groups in total. The minimum atomic E-state index is -0.328. The molecule has 1 aromatic heterocycles. The molecule has 5 heteroatoms. The fourth-order valence-corrected chi connectivity index (χ4v) is 3.28. The Morgan fingerprint density at radius 2 is 2.24 bits per heavy atom. The van der Waals surface area contributed by atoms with E-state index in [9.17, 15) is 4.79 Å². The summed E-state index contributed by atoms with van der Waals surface area (Å²) in [4.78, 5) is 18.0. The highest BCUT2D eigenvalue weighted by Gasteiger charge is 2.30. The number of morpholine rings is 1. The van der Waals surface area contributed by atoms with Crippen molar-refractivity contribution in [2.24, 2.45) is 0 Å². The predicted octanol–water partition coefficient (Wildman–Crippen LogP) is 1.04. The van der Waals surface area contributed by atoms with E-state index >= 15 is 0 Å². The SMILES string of the molecule is O=C(C1CNCCO1)N1CCc2[nH]c3ccccc3c2C1. The van der Waals surface area contributed by atoms with E-state index in [2.05, 4.69) is 22.4 Å². The van der Waals surface area contributed by atoms with Gasteiger partial charge in [0.2, 0.25) is 0 Å². The van der Waals surface area contributed by atoms with E-state index in [1.807, 2.05) is 17.0 Å². The van der Waals surface area contributed by atoms with Gasteiger partial charge in [0.15, 0.2) is 0 Å². The number of fused-ring (bicyclic) bond motifs is 3. The molecule has 1 aromatic carbocycles. The minimum Gasteiger partial charge on any atom is -0.366 e. The average Bonchev–Trinajstić information content (AvgIpc) is 2.93. The molecule has 0 spiro atoms. The molecule has 0 radical (unpaired) electrons. The van der Waals surface area contributed by atoms with Crippen LogP contribution in [0, 0.1) is 0 Å². The van der Waals surface area contributed by atoms with Crippen LogP contribution in [0.2, 0.25) is 0 Å². The third kappa shape index (κ3) is 2.22. The summed E-state index contributed by atoms with van der Waals surface area (Å²) in [5, 5.41) is 4.45. The van der Waals surface area contributed by atoms with Gasteiger partial charge in [0.25, 0.3) is 5.91 Å². The van der Waals surface area contributed by atoms with Crippen LogP contribution in [0.4, 0.5) is 0 Å². The van der Waals surface area contributed by atoms with Crippen LogP contribution in [0.3, 0.4) is 0 Å². The number of H-pyrrole nitrogens is 1. The van der Waals surface area contributed by atoms with Gasteiger partial charge in [-0.3, -0.25) is 4.79 Å². The van der Waals surface area contributed by atoms with Crippen LogP contribution in [-0.4, -0.2) is 48.1 Å². The number of rotatable bonds is 1. The topological polar surface area (TPSA) is 57.4 Å². The van der Waals surface area contributed by atoms with Crippen LogP contribution < -0.4 is 5.32 Å². The van der Waals surface area contributed by atoms with E-state index in [1.54, 1.807) is 0 Å². The van der Waals surface area contributed by atoms with Crippen LogP contribution in [0.5, 0.6) is 0 Å². The molecule has 1 fully saturated rings. The van der Waals surface area contributed by atoms with Gasteiger partial charge in [0.05, 0.1) is 6.61 Å². The Morgan fingerprint density at radius 1 is 1.33 bits per heavy atom. The molecule has 1 amide bonds. The smallest absolute Gasteiger partial charge is 0.253 e. The van der Waals surface area contributed by atoms with E-state index in [0.29, 0.717) is 19.7 Å². The molecule has 3 heterocycles. The number of nitrogens with zero attached hydrogens (tertiary/aromatic N) is 1. The van der Waals surface area contributed by atoms with Crippen molar-refractivity contribution in [3.63, 3.8) is 0 Å². The Morgan fingerprint density at radius 3 is 3.10 bits per heavy atom. The van der Waals surface area contributed by atoms with E-state index in [1.165, 1.54) is 16.6 Å². The zero-order valence-electron chi connectivity index (χ0n) is 11.9. The maximum absolute atomic E-state index is 12.6. The molecule has 0 bridgehead atoms. The second-order valence-electron chi connectivity index (χ2n) is 5.70. The van der Waals surface area contributed by atoms with Gasteiger partial charge >= 0.3 is 0 Å². The van der Waals surface area contributed by atoms with Crippen molar-refractivity contribution in [2.45, 2.75) is 19.1 Å². The number of nitrogens with one attached hydrogen (secondary N) is 2. The van der Waals surface area contributed by atoms with Crippen LogP contribution in [0.15, 0.2) is 24.3 Å². The number of para-hydroxylation sites is 1. The molecular weight excluding hydrogens is 266 g/mol. The number of benzene rings is 1. The second-order valence-corrected chi connectivity index (χ2v) is 5.70. The largest absolute Gasteiger partial charge is 0.366 e. The van der Waals surface area contributed by atoms with E-state index in [-0.39, 0.29) is 12.0 Å². The van der Waals surface area contributed by atoms with Crippen LogP contribution >= 0.6 is 0 Å². The van der Waals surface area contributed by atoms with E-state index < -0.39 is 0 Å². The third-order valence-electron chi connectivity index (χ3n) is 4.40. The number of hydrogen-bond acceptors (Lipinski definition) is 3. The number of amides is 1. The third-order valence-corrected chi connectivity index (χ3v) is 4.40. The van der Waals surface area contributed by atoms with Crippen molar-refractivity contribution in [1.29, 1.82) is 0 Å². The summed E-state index contributed by atoms with van der Waals surface area (Å²) < 4.78 is 5.59. The zero-order chi connectivity index (χ0) is 14.2. The number of carbonyl (C=O) groups is 1. The maximum Gasteiger partial charge on any atom is 0.253 e.